The number of benzene rings is 1. The van der Waals surface area contributed by atoms with E-state index in [1.54, 1.807) is 18.2 Å². The second-order valence-corrected chi connectivity index (χ2v) is 5.81. The number of morpholine rings is 1. The van der Waals surface area contributed by atoms with Crippen molar-refractivity contribution in [2.45, 2.75) is 0 Å². The Morgan fingerprint density at radius 1 is 1.32 bits per heavy atom. The van der Waals surface area contributed by atoms with Gasteiger partial charge in [-0.15, -0.1) is 0 Å². The van der Waals surface area contributed by atoms with E-state index in [-0.39, 0.29) is 30.7 Å². The Labute approximate surface area is 135 Å². The minimum Gasteiger partial charge on any atom is -1.00 e. The summed E-state index contributed by atoms with van der Waals surface area (Å²) in [6, 6.07) is 5.19. The number of carbonyl (C=O) groups excluding carboxylic acids is 2. The number of rotatable bonds is 3. The molecule has 0 saturated carbocycles. The molecule has 0 unspecified atom stereocenters. The second kappa shape index (κ2) is 6.64. The Hall–Kier alpha value is -1.63. The van der Waals surface area contributed by atoms with Crippen LogP contribution in [0, 0.1) is 0 Å². The van der Waals surface area contributed by atoms with Gasteiger partial charge in [0.1, 0.15) is 25.4 Å². The van der Waals surface area contributed by atoms with Crippen molar-refractivity contribution < 1.29 is 36.0 Å². The van der Waals surface area contributed by atoms with Gasteiger partial charge in [-0.3, -0.25) is 9.59 Å². The first-order chi connectivity index (χ1) is 10.1. The number of ketones is 1. The number of nitrogens with one attached hydrogen (secondary N) is 1. The number of halogens is 1. The van der Waals surface area contributed by atoms with Crippen LogP contribution in [0.2, 0.25) is 0 Å². The van der Waals surface area contributed by atoms with Gasteiger partial charge in [0.05, 0.1) is 25.9 Å². The van der Waals surface area contributed by atoms with Crippen LogP contribution in [0.25, 0.3) is 0 Å². The highest BCUT2D eigenvalue weighted by atomic mass is 35.5. The number of fused-ring (bicyclic) bond motifs is 1. The minimum atomic E-state index is -0.195. The Balaban J connectivity index is 0.00000176. The quantitative estimate of drug-likeness (QED) is 0.500. The maximum absolute atomic E-state index is 12.5. The number of hydrogen-bond donors (Lipinski definition) is 1. The fourth-order valence-corrected chi connectivity index (χ4v) is 2.64. The Morgan fingerprint density at radius 2 is 2.05 bits per heavy atom. The number of ether oxygens (including phenoxy) is 2. The van der Waals surface area contributed by atoms with E-state index in [9.17, 15) is 9.59 Å². The third-order valence-electron chi connectivity index (χ3n) is 4.01. The summed E-state index contributed by atoms with van der Waals surface area (Å²) < 4.78 is 11.3. The van der Waals surface area contributed by atoms with Crippen LogP contribution in [0.1, 0.15) is 10.4 Å². The number of Topliss-reactive ketones (excluding diaryl/α,β-unsaturated/α-hetero) is 1. The summed E-state index contributed by atoms with van der Waals surface area (Å²) in [6.45, 7) is 3.54. The number of hydrogen-bond acceptors (Lipinski definition) is 4. The molecule has 1 aromatic carbocycles. The van der Waals surface area contributed by atoms with E-state index in [0.717, 1.165) is 13.1 Å². The average molecular weight is 327 g/mol. The van der Waals surface area contributed by atoms with Crippen LogP contribution < -0.4 is 22.5 Å². The third kappa shape index (κ3) is 3.58. The highest BCUT2D eigenvalue weighted by Crippen LogP contribution is 2.28. The van der Waals surface area contributed by atoms with Crippen LogP contribution in [0.5, 0.6) is 5.75 Å². The van der Waals surface area contributed by atoms with E-state index in [2.05, 4.69) is 12.4 Å². The standard InChI is InChI=1S/C15H18N2O4.ClH/c1-17(4-6-20-7-5-17)9-13(18)11-2-3-14-12(8-11)16-15(19)10-21-14;/h2-3,8H,4-7,9-10H2,1H3;1H. The molecule has 0 spiro atoms. The van der Waals surface area contributed by atoms with Gasteiger partial charge in [-0.1, -0.05) is 0 Å². The molecule has 0 aliphatic carbocycles. The lowest BCUT2D eigenvalue weighted by Crippen LogP contribution is -3.00. The SMILES string of the molecule is C[N+]1(CC(=O)c2ccc3c(c2)NC(=O)CO3)CCOCC1.[Cl-]. The van der Waals surface area contributed by atoms with E-state index >= 15 is 0 Å². The summed E-state index contributed by atoms with van der Waals surface area (Å²) in [7, 11) is 2.07. The molecule has 3 rings (SSSR count). The van der Waals surface area contributed by atoms with Crippen molar-refractivity contribution in [2.24, 2.45) is 0 Å². The van der Waals surface area contributed by atoms with E-state index in [1.165, 1.54) is 0 Å². The number of amides is 1. The van der Waals surface area contributed by atoms with Crippen LogP contribution in [0.3, 0.4) is 0 Å². The van der Waals surface area contributed by atoms with Crippen LogP contribution >= 0.6 is 0 Å². The molecule has 7 heteroatoms. The molecule has 1 fully saturated rings. The molecule has 2 aliphatic rings. The predicted octanol–water partition coefficient (Wildman–Crippen LogP) is -2.32. The summed E-state index contributed by atoms with van der Waals surface area (Å²) in [6.07, 6.45) is 0. The fourth-order valence-electron chi connectivity index (χ4n) is 2.64. The molecule has 0 radical (unpaired) electrons. The number of likely N-dealkylation sites (N-methyl/N-ethyl adjacent to an activating group) is 1. The van der Waals surface area contributed by atoms with Crippen LogP contribution in [-0.4, -0.2) is 62.7 Å². The molecular weight excluding hydrogens is 308 g/mol. The molecule has 6 nitrogen and oxygen atoms in total. The van der Waals surface area contributed by atoms with Gasteiger partial charge in [-0.2, -0.15) is 0 Å². The average Bonchev–Trinajstić information content (AvgIpc) is 2.46. The Kier molecular flexibility index (Phi) is 5.05. The van der Waals surface area contributed by atoms with Gasteiger partial charge in [-0.05, 0) is 18.2 Å². The summed E-state index contributed by atoms with van der Waals surface area (Å²) in [4.78, 5) is 23.8. The van der Waals surface area contributed by atoms with E-state index in [0.29, 0.717) is 41.2 Å². The first-order valence-corrected chi connectivity index (χ1v) is 7.07. The molecule has 0 aromatic heterocycles. The van der Waals surface area contributed by atoms with E-state index < -0.39 is 0 Å². The first kappa shape index (κ1) is 16.7. The number of carbonyl (C=O) groups is 2. The van der Waals surface area contributed by atoms with E-state index in [4.69, 9.17) is 9.47 Å². The molecule has 120 valence electrons. The molecule has 2 heterocycles. The number of nitrogens with zero attached hydrogens (tertiary/aromatic N) is 1. The van der Waals surface area contributed by atoms with Crippen LogP contribution in [0.15, 0.2) is 18.2 Å². The van der Waals surface area contributed by atoms with Crippen molar-refractivity contribution in [3.63, 3.8) is 0 Å². The smallest absolute Gasteiger partial charge is 0.262 e. The van der Waals surface area contributed by atoms with Gasteiger partial charge < -0.3 is 31.7 Å². The molecular formula is C15H19ClN2O4. The topological polar surface area (TPSA) is 64.6 Å². The van der Waals surface area contributed by atoms with Gasteiger partial charge in [0.2, 0.25) is 5.78 Å². The highest BCUT2D eigenvalue weighted by molar-refractivity contribution is 6.01. The van der Waals surface area contributed by atoms with Gasteiger partial charge >= 0.3 is 0 Å². The number of anilines is 1. The summed E-state index contributed by atoms with van der Waals surface area (Å²) in [5.41, 5.74) is 1.17. The highest BCUT2D eigenvalue weighted by Gasteiger charge is 2.29. The van der Waals surface area contributed by atoms with Crippen molar-refractivity contribution in [1.29, 1.82) is 0 Å². The zero-order valence-electron chi connectivity index (χ0n) is 12.4. The predicted molar refractivity (Wildman–Crippen MR) is 76.5 cm³/mol. The monoisotopic (exact) mass is 326 g/mol. The van der Waals surface area contributed by atoms with Crippen molar-refractivity contribution >= 4 is 17.4 Å². The Morgan fingerprint density at radius 3 is 2.77 bits per heavy atom. The zero-order chi connectivity index (χ0) is 14.9. The van der Waals surface area contributed by atoms with Gasteiger partial charge in [-0.25, -0.2) is 0 Å². The second-order valence-electron chi connectivity index (χ2n) is 5.81. The van der Waals surface area contributed by atoms with Crippen molar-refractivity contribution in [2.75, 3.05) is 51.8 Å². The number of quaternary nitrogens is 1. The van der Waals surface area contributed by atoms with Gasteiger partial charge in [0.15, 0.2) is 6.61 Å². The molecule has 1 saturated heterocycles. The van der Waals surface area contributed by atoms with Crippen molar-refractivity contribution in [3.05, 3.63) is 23.8 Å². The summed E-state index contributed by atoms with van der Waals surface area (Å²) in [5.74, 6) is 0.485. The third-order valence-corrected chi connectivity index (χ3v) is 4.01. The van der Waals surface area contributed by atoms with Crippen molar-refractivity contribution in [3.8, 4) is 5.75 Å². The molecule has 1 aromatic rings. The van der Waals surface area contributed by atoms with Crippen LogP contribution in [0.4, 0.5) is 5.69 Å². The maximum atomic E-state index is 12.5. The largest absolute Gasteiger partial charge is 1.00 e. The lowest BCUT2D eigenvalue weighted by molar-refractivity contribution is -0.908. The van der Waals surface area contributed by atoms with Gasteiger partial charge in [0, 0.05) is 5.56 Å². The van der Waals surface area contributed by atoms with Gasteiger partial charge in [0.25, 0.3) is 5.91 Å². The van der Waals surface area contributed by atoms with E-state index in [1.807, 2.05) is 0 Å². The minimum absolute atomic E-state index is 0. The molecule has 22 heavy (non-hydrogen) atoms. The fraction of sp³-hybridized carbons (Fsp3) is 0.467. The summed E-state index contributed by atoms with van der Waals surface area (Å²) >= 11 is 0. The van der Waals surface area contributed by atoms with Crippen molar-refractivity contribution in [1.82, 2.24) is 0 Å². The normalized spacial score (nSPS) is 19.2. The molecule has 2 aliphatic heterocycles. The summed E-state index contributed by atoms with van der Waals surface area (Å²) in [5, 5.41) is 2.73. The maximum Gasteiger partial charge on any atom is 0.262 e. The molecule has 1 amide bonds. The molecule has 0 atom stereocenters. The molecule has 0 bridgehead atoms. The Bertz CT molecular complexity index is 585. The van der Waals surface area contributed by atoms with Crippen LogP contribution in [-0.2, 0) is 9.53 Å². The lowest BCUT2D eigenvalue weighted by Gasteiger charge is -2.36. The molecule has 1 N–H and O–H groups in total. The lowest BCUT2D eigenvalue weighted by atomic mass is 10.1. The first-order valence-electron chi connectivity index (χ1n) is 7.07. The zero-order valence-corrected chi connectivity index (χ0v) is 13.2.